The average molecular weight is 225 g/mol. The molecular weight excluding hydrogens is 210 g/mol. The Morgan fingerprint density at radius 3 is 2.88 bits per heavy atom. The number of hydrogen-bond donors (Lipinski definition) is 1. The van der Waals surface area contributed by atoms with E-state index in [2.05, 4.69) is 0 Å². The zero-order chi connectivity index (χ0) is 12.0. The zero-order valence-corrected chi connectivity index (χ0v) is 9.18. The van der Waals surface area contributed by atoms with Crippen molar-refractivity contribution in [2.45, 2.75) is 26.0 Å². The van der Waals surface area contributed by atoms with E-state index in [-0.39, 0.29) is 6.42 Å². The molecule has 1 aromatic rings. The lowest BCUT2D eigenvalue weighted by molar-refractivity contribution is -0.137. The summed E-state index contributed by atoms with van der Waals surface area (Å²) >= 11 is 0. The molecule has 0 aliphatic carbocycles. The number of methoxy groups -OCH3 is 1. The summed E-state index contributed by atoms with van der Waals surface area (Å²) in [6.07, 6.45) is 1.37. The lowest BCUT2D eigenvalue weighted by Crippen LogP contribution is -2.09. The third-order valence-electron chi connectivity index (χ3n) is 2.29. The first-order valence-electron chi connectivity index (χ1n) is 5.03. The predicted octanol–water partition coefficient (Wildman–Crippen LogP) is 1.31. The normalized spacial score (nSPS) is 10.3. The van der Waals surface area contributed by atoms with Crippen molar-refractivity contribution in [2.24, 2.45) is 0 Å². The van der Waals surface area contributed by atoms with Crippen LogP contribution >= 0.6 is 0 Å². The molecule has 0 aliphatic heterocycles. The highest BCUT2D eigenvalue weighted by atomic mass is 16.5. The first-order chi connectivity index (χ1) is 7.69. The van der Waals surface area contributed by atoms with Crippen LogP contribution in [-0.2, 0) is 22.7 Å². The molecule has 0 radical (unpaired) electrons. The number of ether oxygens (including phenoxy) is 1. The molecule has 0 aromatic carbocycles. The summed E-state index contributed by atoms with van der Waals surface area (Å²) in [5.41, 5.74) is 1.44. The van der Waals surface area contributed by atoms with Crippen LogP contribution in [0.25, 0.3) is 0 Å². The Morgan fingerprint density at radius 2 is 2.31 bits per heavy atom. The molecule has 5 heteroatoms. The van der Waals surface area contributed by atoms with Crippen LogP contribution in [0.5, 0.6) is 0 Å². The van der Waals surface area contributed by atoms with Gasteiger partial charge in [0.25, 0.3) is 0 Å². The van der Waals surface area contributed by atoms with Gasteiger partial charge in [0, 0.05) is 25.8 Å². The van der Waals surface area contributed by atoms with Gasteiger partial charge in [0.15, 0.2) is 6.29 Å². The summed E-state index contributed by atoms with van der Waals surface area (Å²) in [4.78, 5) is 21.2. The topological polar surface area (TPSA) is 68.5 Å². The van der Waals surface area contributed by atoms with Gasteiger partial charge in [-0.3, -0.25) is 9.59 Å². The Bertz CT molecular complexity index is 370. The summed E-state index contributed by atoms with van der Waals surface area (Å²) in [5, 5.41) is 8.54. The predicted molar refractivity (Wildman–Crippen MR) is 57.4 cm³/mol. The van der Waals surface area contributed by atoms with Gasteiger partial charge in [-0.25, -0.2) is 0 Å². The fourth-order valence-electron chi connectivity index (χ4n) is 1.57. The van der Waals surface area contributed by atoms with Gasteiger partial charge >= 0.3 is 5.97 Å². The Morgan fingerprint density at radius 1 is 1.56 bits per heavy atom. The van der Waals surface area contributed by atoms with Crippen molar-refractivity contribution in [3.05, 3.63) is 23.5 Å². The number of carbonyl (C=O) groups excluding carboxylic acids is 1. The lowest BCUT2D eigenvalue weighted by Gasteiger charge is -2.09. The molecule has 1 heterocycles. The van der Waals surface area contributed by atoms with E-state index in [1.54, 1.807) is 17.7 Å². The van der Waals surface area contributed by atoms with E-state index in [4.69, 9.17) is 9.84 Å². The van der Waals surface area contributed by atoms with Crippen LogP contribution in [0.2, 0.25) is 0 Å². The first-order valence-corrected chi connectivity index (χ1v) is 5.03. The molecule has 1 aromatic heterocycles. The number of aromatic nitrogens is 1. The second-order valence-electron chi connectivity index (χ2n) is 3.45. The number of carboxylic acids is 1. The maximum Gasteiger partial charge on any atom is 0.303 e. The van der Waals surface area contributed by atoms with Gasteiger partial charge in [-0.05, 0) is 18.6 Å². The molecule has 5 nitrogen and oxygen atoms in total. The number of rotatable bonds is 7. The van der Waals surface area contributed by atoms with Crippen molar-refractivity contribution in [1.82, 2.24) is 4.57 Å². The van der Waals surface area contributed by atoms with Gasteiger partial charge in [-0.15, -0.1) is 0 Å². The van der Waals surface area contributed by atoms with Gasteiger partial charge in [-0.1, -0.05) is 0 Å². The Labute approximate surface area is 93.6 Å². The third-order valence-corrected chi connectivity index (χ3v) is 2.29. The largest absolute Gasteiger partial charge is 0.481 e. The molecule has 0 saturated heterocycles. The van der Waals surface area contributed by atoms with Gasteiger partial charge in [-0.2, -0.15) is 0 Å². The molecule has 0 unspecified atom stereocenters. The van der Waals surface area contributed by atoms with Crippen molar-refractivity contribution in [3.8, 4) is 0 Å². The van der Waals surface area contributed by atoms with Gasteiger partial charge in [0.1, 0.15) is 0 Å². The number of aldehydes is 1. The van der Waals surface area contributed by atoms with Crippen molar-refractivity contribution < 1.29 is 19.4 Å². The highest BCUT2D eigenvalue weighted by molar-refractivity contribution is 5.72. The Kier molecular flexibility index (Phi) is 4.72. The minimum absolute atomic E-state index is 0.100. The number of nitrogens with zero attached hydrogens (tertiary/aromatic N) is 1. The molecule has 88 valence electrons. The molecule has 1 rings (SSSR count). The van der Waals surface area contributed by atoms with E-state index in [9.17, 15) is 9.59 Å². The molecule has 0 bridgehead atoms. The maximum absolute atomic E-state index is 10.8. The van der Waals surface area contributed by atoms with Crippen molar-refractivity contribution in [1.29, 1.82) is 0 Å². The molecule has 0 atom stereocenters. The van der Waals surface area contributed by atoms with Crippen LogP contribution < -0.4 is 0 Å². The number of aliphatic carboxylic acids is 1. The van der Waals surface area contributed by atoms with E-state index < -0.39 is 5.97 Å². The quantitative estimate of drug-likeness (QED) is 0.710. The van der Waals surface area contributed by atoms with Crippen LogP contribution in [0.15, 0.2) is 12.1 Å². The third kappa shape index (κ3) is 3.20. The smallest absolute Gasteiger partial charge is 0.303 e. The summed E-state index contributed by atoms with van der Waals surface area (Å²) in [7, 11) is 1.58. The van der Waals surface area contributed by atoms with Crippen LogP contribution in [-0.4, -0.2) is 29.0 Å². The number of hydrogen-bond acceptors (Lipinski definition) is 3. The van der Waals surface area contributed by atoms with E-state index in [1.807, 2.05) is 6.07 Å². The molecule has 0 saturated carbocycles. The molecule has 16 heavy (non-hydrogen) atoms. The SMILES string of the molecule is COCc1ccc(C=O)n1CCCC(=O)O. The van der Waals surface area contributed by atoms with E-state index in [0.717, 1.165) is 12.0 Å². The summed E-state index contributed by atoms with van der Waals surface area (Å²) in [6, 6.07) is 3.52. The monoisotopic (exact) mass is 225 g/mol. The van der Waals surface area contributed by atoms with Crippen molar-refractivity contribution in [2.75, 3.05) is 7.11 Å². The van der Waals surface area contributed by atoms with E-state index >= 15 is 0 Å². The molecule has 0 aliphatic rings. The van der Waals surface area contributed by atoms with Gasteiger partial charge in [0.05, 0.1) is 12.3 Å². The molecular formula is C11H15NO4. The van der Waals surface area contributed by atoms with Gasteiger partial charge in [0.2, 0.25) is 0 Å². The summed E-state index contributed by atoms with van der Waals surface area (Å²) in [5.74, 6) is -0.826. The Balaban J connectivity index is 2.70. The maximum atomic E-state index is 10.8. The molecule has 0 spiro atoms. The summed E-state index contributed by atoms with van der Waals surface area (Å²) < 4.78 is 6.79. The average Bonchev–Trinajstić information content (AvgIpc) is 2.61. The lowest BCUT2D eigenvalue weighted by atomic mass is 10.3. The van der Waals surface area contributed by atoms with Crippen molar-refractivity contribution >= 4 is 12.3 Å². The van der Waals surface area contributed by atoms with Crippen LogP contribution in [0, 0.1) is 0 Å². The molecule has 1 N–H and O–H groups in total. The van der Waals surface area contributed by atoms with Crippen LogP contribution in [0.1, 0.15) is 29.0 Å². The highest BCUT2D eigenvalue weighted by Crippen LogP contribution is 2.10. The van der Waals surface area contributed by atoms with E-state index in [1.165, 1.54) is 0 Å². The second-order valence-corrected chi connectivity index (χ2v) is 3.45. The minimum atomic E-state index is -0.826. The first kappa shape index (κ1) is 12.4. The summed E-state index contributed by atoms with van der Waals surface area (Å²) in [6.45, 7) is 0.937. The minimum Gasteiger partial charge on any atom is -0.481 e. The van der Waals surface area contributed by atoms with E-state index in [0.29, 0.717) is 25.3 Å². The fourth-order valence-corrected chi connectivity index (χ4v) is 1.57. The second kappa shape index (κ2) is 6.07. The zero-order valence-electron chi connectivity index (χ0n) is 9.18. The van der Waals surface area contributed by atoms with Gasteiger partial charge < -0.3 is 14.4 Å². The van der Waals surface area contributed by atoms with Crippen molar-refractivity contribution in [3.63, 3.8) is 0 Å². The molecule has 0 amide bonds. The molecule has 0 fully saturated rings. The fraction of sp³-hybridized carbons (Fsp3) is 0.455. The Hall–Kier alpha value is -1.62. The number of carboxylic acid groups (broad SMARTS) is 1. The van der Waals surface area contributed by atoms with Crippen LogP contribution in [0.3, 0.4) is 0 Å². The standard InChI is InChI=1S/C11H15NO4/c1-16-8-10-5-4-9(7-13)12(10)6-2-3-11(14)15/h4-5,7H,2-3,6,8H2,1H3,(H,14,15). The number of carbonyl (C=O) groups is 2. The highest BCUT2D eigenvalue weighted by Gasteiger charge is 2.07. The van der Waals surface area contributed by atoms with Crippen LogP contribution in [0.4, 0.5) is 0 Å².